The third kappa shape index (κ3) is 3.49. The number of fused-ring (bicyclic) bond motifs is 1. The smallest absolute Gasteiger partial charge is 0.413 e. The number of nitrogens with one attached hydrogen (secondary N) is 1. The molecule has 24 heavy (non-hydrogen) atoms. The van der Waals surface area contributed by atoms with Crippen LogP contribution in [0.25, 0.3) is 10.9 Å². The molecule has 1 aromatic heterocycles. The molecular formula is C18H14N2O4. The molecule has 3 rings (SSSR count). The number of aromatic nitrogens is 1. The summed E-state index contributed by atoms with van der Waals surface area (Å²) >= 11 is 0. The molecule has 3 aromatic rings. The molecule has 0 aliphatic heterocycles. The Hall–Kier alpha value is -3.41. The Morgan fingerprint density at radius 1 is 1.04 bits per heavy atom. The van der Waals surface area contributed by atoms with Gasteiger partial charge in [-0.2, -0.15) is 0 Å². The Morgan fingerprint density at radius 2 is 1.75 bits per heavy atom. The molecule has 0 spiro atoms. The van der Waals surface area contributed by atoms with Crippen molar-refractivity contribution >= 4 is 28.8 Å². The molecule has 120 valence electrons. The third-order valence-corrected chi connectivity index (χ3v) is 3.39. The zero-order chi connectivity index (χ0) is 16.9. The highest BCUT2D eigenvalue weighted by Gasteiger charge is 2.16. The van der Waals surface area contributed by atoms with Crippen molar-refractivity contribution in [3.8, 4) is 0 Å². The molecule has 1 amide bonds. The summed E-state index contributed by atoms with van der Waals surface area (Å²) in [6, 6.07) is 17.7. The van der Waals surface area contributed by atoms with E-state index in [1.54, 1.807) is 24.3 Å². The first-order valence-corrected chi connectivity index (χ1v) is 7.24. The minimum atomic E-state index is -1.17. The first-order chi connectivity index (χ1) is 11.6. The summed E-state index contributed by atoms with van der Waals surface area (Å²) in [6.45, 7) is 0.0860. The van der Waals surface area contributed by atoms with Crippen LogP contribution in [0.4, 0.5) is 10.6 Å². The Balaban J connectivity index is 1.79. The van der Waals surface area contributed by atoms with E-state index >= 15 is 0 Å². The van der Waals surface area contributed by atoms with Gasteiger partial charge >= 0.3 is 12.1 Å². The Kier molecular flexibility index (Phi) is 4.38. The minimum absolute atomic E-state index is 0.0424. The van der Waals surface area contributed by atoms with Crippen molar-refractivity contribution in [2.45, 2.75) is 6.61 Å². The Bertz CT molecular complexity index is 894. The summed E-state index contributed by atoms with van der Waals surface area (Å²) in [7, 11) is 0. The van der Waals surface area contributed by atoms with Crippen molar-refractivity contribution in [2.24, 2.45) is 0 Å². The number of nitrogens with zero attached hydrogens (tertiary/aromatic N) is 1. The topological polar surface area (TPSA) is 88.5 Å². The number of rotatable bonds is 4. The van der Waals surface area contributed by atoms with Gasteiger partial charge in [0.2, 0.25) is 0 Å². The lowest BCUT2D eigenvalue weighted by Gasteiger charge is -2.10. The number of anilines is 1. The van der Waals surface area contributed by atoms with Crippen LogP contribution in [-0.4, -0.2) is 22.2 Å². The third-order valence-electron chi connectivity index (χ3n) is 3.39. The normalized spacial score (nSPS) is 10.3. The summed E-state index contributed by atoms with van der Waals surface area (Å²) < 4.78 is 5.10. The SMILES string of the molecule is O=C(Nc1nc2ccccc2cc1C(=O)O)OCc1ccccc1. The van der Waals surface area contributed by atoms with Gasteiger partial charge in [0.25, 0.3) is 0 Å². The van der Waals surface area contributed by atoms with Gasteiger partial charge in [-0.1, -0.05) is 48.5 Å². The first kappa shape index (κ1) is 15.5. The number of para-hydroxylation sites is 1. The van der Waals surface area contributed by atoms with Crippen molar-refractivity contribution in [3.63, 3.8) is 0 Å². The number of hydrogen-bond acceptors (Lipinski definition) is 4. The highest BCUT2D eigenvalue weighted by molar-refractivity contribution is 6.01. The molecule has 1 heterocycles. The summed E-state index contributed by atoms with van der Waals surface area (Å²) in [5.74, 6) is -1.22. The van der Waals surface area contributed by atoms with Crippen molar-refractivity contribution in [2.75, 3.05) is 5.32 Å². The first-order valence-electron chi connectivity index (χ1n) is 7.24. The number of aromatic carboxylic acids is 1. The summed E-state index contributed by atoms with van der Waals surface area (Å²) in [4.78, 5) is 27.5. The Morgan fingerprint density at radius 3 is 2.50 bits per heavy atom. The molecule has 0 saturated heterocycles. The van der Waals surface area contributed by atoms with Crippen LogP contribution >= 0.6 is 0 Å². The van der Waals surface area contributed by atoms with Gasteiger partial charge in [-0.25, -0.2) is 14.6 Å². The largest absolute Gasteiger partial charge is 0.478 e. The fourth-order valence-corrected chi connectivity index (χ4v) is 2.23. The average Bonchev–Trinajstić information content (AvgIpc) is 2.60. The second-order valence-electron chi connectivity index (χ2n) is 5.07. The summed E-state index contributed by atoms with van der Waals surface area (Å²) in [5, 5.41) is 12.4. The molecule has 6 nitrogen and oxygen atoms in total. The van der Waals surface area contributed by atoms with Crippen LogP contribution in [0.1, 0.15) is 15.9 Å². The fourth-order valence-electron chi connectivity index (χ4n) is 2.23. The molecule has 2 N–H and O–H groups in total. The van der Waals surface area contributed by atoms with Gasteiger partial charge in [0.05, 0.1) is 5.52 Å². The van der Waals surface area contributed by atoms with Crippen molar-refractivity contribution in [1.82, 2.24) is 4.98 Å². The molecule has 0 fully saturated rings. The predicted octanol–water partition coefficient (Wildman–Crippen LogP) is 3.68. The van der Waals surface area contributed by atoms with Crippen molar-refractivity contribution in [3.05, 3.63) is 71.8 Å². The number of carboxylic acid groups (broad SMARTS) is 1. The van der Waals surface area contributed by atoms with E-state index in [0.717, 1.165) is 5.56 Å². The zero-order valence-corrected chi connectivity index (χ0v) is 12.6. The molecule has 0 saturated carbocycles. The molecule has 0 unspecified atom stereocenters. The second-order valence-corrected chi connectivity index (χ2v) is 5.07. The van der Waals surface area contributed by atoms with E-state index in [9.17, 15) is 14.7 Å². The quantitative estimate of drug-likeness (QED) is 0.765. The molecule has 2 aromatic carbocycles. The van der Waals surface area contributed by atoms with E-state index in [4.69, 9.17) is 4.74 Å². The fraction of sp³-hybridized carbons (Fsp3) is 0.0556. The van der Waals surface area contributed by atoms with E-state index in [1.165, 1.54) is 6.07 Å². The van der Waals surface area contributed by atoms with Crippen molar-refractivity contribution < 1.29 is 19.4 Å². The number of carbonyl (C=O) groups is 2. The van der Waals surface area contributed by atoms with Gasteiger partial charge in [-0.05, 0) is 17.7 Å². The Labute approximate surface area is 137 Å². The average molecular weight is 322 g/mol. The van der Waals surface area contributed by atoms with Crippen molar-refractivity contribution in [1.29, 1.82) is 0 Å². The minimum Gasteiger partial charge on any atom is -0.478 e. The van der Waals surface area contributed by atoms with Gasteiger partial charge in [0, 0.05) is 5.39 Å². The molecule has 0 aliphatic carbocycles. The molecule has 0 bridgehead atoms. The van der Waals surface area contributed by atoms with Crippen LogP contribution in [-0.2, 0) is 11.3 Å². The van der Waals surface area contributed by atoms with Gasteiger partial charge in [-0.3, -0.25) is 5.32 Å². The van der Waals surface area contributed by atoms with Gasteiger partial charge in [0.15, 0.2) is 5.82 Å². The monoisotopic (exact) mass is 322 g/mol. The molecule has 6 heteroatoms. The zero-order valence-electron chi connectivity index (χ0n) is 12.6. The standard InChI is InChI=1S/C18H14N2O4/c21-17(22)14-10-13-8-4-5-9-15(13)19-16(14)20-18(23)24-11-12-6-2-1-3-7-12/h1-10H,11H2,(H,21,22)(H,19,20,23). The predicted molar refractivity (Wildman–Crippen MR) is 89.0 cm³/mol. The lowest BCUT2D eigenvalue weighted by atomic mass is 10.1. The van der Waals surface area contributed by atoms with E-state index in [0.29, 0.717) is 10.9 Å². The van der Waals surface area contributed by atoms with Crippen LogP contribution in [0.15, 0.2) is 60.7 Å². The maximum atomic E-state index is 11.9. The lowest BCUT2D eigenvalue weighted by molar-refractivity contribution is 0.0698. The second kappa shape index (κ2) is 6.78. The van der Waals surface area contributed by atoms with E-state index < -0.39 is 12.1 Å². The maximum Gasteiger partial charge on any atom is 0.413 e. The number of benzene rings is 2. The number of pyridine rings is 1. The lowest BCUT2D eigenvalue weighted by Crippen LogP contribution is -2.17. The van der Waals surface area contributed by atoms with Crippen LogP contribution in [0.3, 0.4) is 0 Å². The molecular weight excluding hydrogens is 308 g/mol. The van der Waals surface area contributed by atoms with Gasteiger partial charge < -0.3 is 9.84 Å². The van der Waals surface area contributed by atoms with Crippen LogP contribution in [0.2, 0.25) is 0 Å². The number of carbonyl (C=O) groups excluding carboxylic acids is 1. The molecule has 0 aliphatic rings. The van der Waals surface area contributed by atoms with E-state index in [2.05, 4.69) is 10.3 Å². The number of hydrogen-bond donors (Lipinski definition) is 2. The summed E-state index contributed by atoms with van der Waals surface area (Å²) in [6.07, 6.45) is -0.760. The molecule has 0 radical (unpaired) electrons. The number of ether oxygens (including phenoxy) is 1. The van der Waals surface area contributed by atoms with Gasteiger partial charge in [0.1, 0.15) is 12.2 Å². The van der Waals surface area contributed by atoms with E-state index in [-0.39, 0.29) is 18.0 Å². The number of carboxylic acids is 1. The van der Waals surface area contributed by atoms with Crippen LogP contribution in [0, 0.1) is 0 Å². The highest BCUT2D eigenvalue weighted by atomic mass is 16.5. The molecule has 0 atom stereocenters. The van der Waals surface area contributed by atoms with E-state index in [1.807, 2.05) is 30.3 Å². The van der Waals surface area contributed by atoms with Gasteiger partial charge in [-0.15, -0.1) is 0 Å². The number of amides is 1. The van der Waals surface area contributed by atoms with Crippen LogP contribution < -0.4 is 5.32 Å². The summed E-state index contributed by atoms with van der Waals surface area (Å²) in [5.41, 5.74) is 1.32. The maximum absolute atomic E-state index is 11.9. The highest BCUT2D eigenvalue weighted by Crippen LogP contribution is 2.20. The van der Waals surface area contributed by atoms with Crippen LogP contribution in [0.5, 0.6) is 0 Å².